The van der Waals surface area contributed by atoms with Crippen LogP contribution in [0.1, 0.15) is 32.4 Å². The molecular weight excluding hydrogens is 220 g/mol. The fraction of sp³-hybridized carbons (Fsp3) is 0.667. The van der Waals surface area contributed by atoms with Crippen molar-refractivity contribution >= 4 is 11.6 Å². The van der Waals surface area contributed by atoms with Crippen molar-refractivity contribution in [3.63, 3.8) is 0 Å². The van der Waals surface area contributed by atoms with Crippen LogP contribution in [0.25, 0.3) is 0 Å². The number of aromatic nitrogens is 1. The molecule has 1 aromatic heterocycles. The number of anilines is 1. The summed E-state index contributed by atoms with van der Waals surface area (Å²) in [6.45, 7) is 6.22. The van der Waals surface area contributed by atoms with Crippen molar-refractivity contribution in [3.05, 3.63) is 12.0 Å². The number of hydrogen-bond donors (Lipinski definition) is 0. The van der Waals surface area contributed by atoms with E-state index in [9.17, 15) is 4.79 Å². The zero-order chi connectivity index (χ0) is 12.8. The van der Waals surface area contributed by atoms with Crippen LogP contribution in [0.4, 0.5) is 5.69 Å². The molecule has 1 atom stereocenters. The molecule has 5 heteroatoms. The number of carbonyl (C=O) groups is 1. The molecule has 0 aliphatic carbocycles. The van der Waals surface area contributed by atoms with Gasteiger partial charge in [0, 0.05) is 13.5 Å². The second-order valence-electron chi connectivity index (χ2n) is 4.09. The van der Waals surface area contributed by atoms with Crippen molar-refractivity contribution in [2.75, 3.05) is 18.6 Å². The van der Waals surface area contributed by atoms with E-state index in [2.05, 4.69) is 5.16 Å². The highest BCUT2D eigenvalue weighted by Crippen LogP contribution is 2.22. The van der Waals surface area contributed by atoms with Gasteiger partial charge in [0.1, 0.15) is 5.69 Å². The standard InChI is InChI=1S/C12H20N2O3/c1-5-6-12(15)14(9(2)8-16-4)11-7-13-17-10(11)3/h7,9H,5-6,8H2,1-4H3. The maximum absolute atomic E-state index is 12.1. The van der Waals surface area contributed by atoms with E-state index in [1.165, 1.54) is 0 Å². The quantitative estimate of drug-likeness (QED) is 0.764. The number of hydrogen-bond acceptors (Lipinski definition) is 4. The molecule has 17 heavy (non-hydrogen) atoms. The number of ether oxygens (including phenoxy) is 1. The first-order valence-electron chi connectivity index (χ1n) is 5.84. The zero-order valence-corrected chi connectivity index (χ0v) is 10.9. The maximum atomic E-state index is 12.1. The van der Waals surface area contributed by atoms with Crippen LogP contribution in [0.2, 0.25) is 0 Å². The summed E-state index contributed by atoms with van der Waals surface area (Å²) < 4.78 is 10.1. The van der Waals surface area contributed by atoms with Gasteiger partial charge in [0.25, 0.3) is 0 Å². The Morgan fingerprint density at radius 3 is 2.82 bits per heavy atom. The largest absolute Gasteiger partial charge is 0.383 e. The monoisotopic (exact) mass is 240 g/mol. The first-order valence-corrected chi connectivity index (χ1v) is 5.84. The van der Waals surface area contributed by atoms with Crippen molar-refractivity contribution in [1.29, 1.82) is 0 Å². The molecular formula is C12H20N2O3. The van der Waals surface area contributed by atoms with Crippen molar-refractivity contribution < 1.29 is 14.1 Å². The van der Waals surface area contributed by atoms with E-state index in [1.54, 1.807) is 25.1 Å². The van der Waals surface area contributed by atoms with Gasteiger partial charge in [-0.2, -0.15) is 0 Å². The van der Waals surface area contributed by atoms with Gasteiger partial charge in [-0.05, 0) is 20.3 Å². The molecule has 96 valence electrons. The molecule has 0 saturated carbocycles. The van der Waals surface area contributed by atoms with E-state index < -0.39 is 0 Å². The highest BCUT2D eigenvalue weighted by atomic mass is 16.5. The zero-order valence-electron chi connectivity index (χ0n) is 10.9. The molecule has 1 amide bonds. The molecule has 0 radical (unpaired) electrons. The minimum Gasteiger partial charge on any atom is -0.383 e. The summed E-state index contributed by atoms with van der Waals surface area (Å²) in [5.41, 5.74) is 0.730. The molecule has 0 bridgehead atoms. The normalized spacial score (nSPS) is 12.5. The summed E-state index contributed by atoms with van der Waals surface area (Å²) >= 11 is 0. The van der Waals surface area contributed by atoms with Crippen molar-refractivity contribution in [3.8, 4) is 0 Å². The lowest BCUT2D eigenvalue weighted by molar-refractivity contribution is -0.119. The summed E-state index contributed by atoms with van der Waals surface area (Å²) in [7, 11) is 1.62. The van der Waals surface area contributed by atoms with Crippen LogP contribution in [0.15, 0.2) is 10.7 Å². The van der Waals surface area contributed by atoms with Crippen LogP contribution >= 0.6 is 0 Å². The smallest absolute Gasteiger partial charge is 0.227 e. The summed E-state index contributed by atoms with van der Waals surface area (Å²) in [4.78, 5) is 13.8. The van der Waals surface area contributed by atoms with E-state index in [0.29, 0.717) is 18.8 Å². The maximum Gasteiger partial charge on any atom is 0.227 e. The lowest BCUT2D eigenvalue weighted by Gasteiger charge is -2.27. The molecule has 0 spiro atoms. The van der Waals surface area contributed by atoms with E-state index >= 15 is 0 Å². The highest BCUT2D eigenvalue weighted by molar-refractivity contribution is 5.94. The highest BCUT2D eigenvalue weighted by Gasteiger charge is 2.24. The topological polar surface area (TPSA) is 55.6 Å². The number of aryl methyl sites for hydroxylation is 1. The molecule has 0 N–H and O–H groups in total. The van der Waals surface area contributed by atoms with Gasteiger partial charge >= 0.3 is 0 Å². The van der Waals surface area contributed by atoms with E-state index in [4.69, 9.17) is 9.26 Å². The number of rotatable bonds is 6. The van der Waals surface area contributed by atoms with Gasteiger partial charge in [0.2, 0.25) is 5.91 Å². The molecule has 1 heterocycles. The average molecular weight is 240 g/mol. The number of nitrogens with zero attached hydrogens (tertiary/aromatic N) is 2. The molecule has 5 nitrogen and oxygen atoms in total. The molecule has 0 aliphatic rings. The van der Waals surface area contributed by atoms with Crippen LogP contribution in [-0.4, -0.2) is 30.8 Å². The van der Waals surface area contributed by atoms with Gasteiger partial charge in [-0.15, -0.1) is 0 Å². The summed E-state index contributed by atoms with van der Waals surface area (Å²) in [5, 5.41) is 3.72. The molecule has 0 saturated heterocycles. The van der Waals surface area contributed by atoms with Crippen LogP contribution in [0, 0.1) is 6.92 Å². The van der Waals surface area contributed by atoms with E-state index in [1.807, 2.05) is 13.8 Å². The number of carbonyl (C=O) groups excluding carboxylic acids is 1. The summed E-state index contributed by atoms with van der Waals surface area (Å²) in [6, 6.07) is -0.0304. The number of amides is 1. The first-order chi connectivity index (χ1) is 8.11. The first kappa shape index (κ1) is 13.7. The van der Waals surface area contributed by atoms with Crippen LogP contribution in [-0.2, 0) is 9.53 Å². The van der Waals surface area contributed by atoms with Crippen LogP contribution < -0.4 is 4.90 Å². The molecule has 0 fully saturated rings. The Bertz CT molecular complexity index is 362. The van der Waals surface area contributed by atoms with Gasteiger partial charge in [0.15, 0.2) is 5.76 Å². The SMILES string of the molecule is CCCC(=O)N(c1cnoc1C)C(C)COC. The number of methoxy groups -OCH3 is 1. The Balaban J connectivity index is 2.94. The van der Waals surface area contributed by atoms with E-state index in [0.717, 1.165) is 12.1 Å². The molecule has 1 unspecified atom stereocenters. The Kier molecular flexibility index (Phi) is 5.15. The lowest BCUT2D eigenvalue weighted by atomic mass is 10.2. The minimum atomic E-state index is -0.0304. The average Bonchev–Trinajstić information content (AvgIpc) is 2.66. The van der Waals surface area contributed by atoms with Gasteiger partial charge < -0.3 is 14.2 Å². The minimum absolute atomic E-state index is 0.0304. The van der Waals surface area contributed by atoms with Crippen molar-refractivity contribution in [1.82, 2.24) is 5.16 Å². The third kappa shape index (κ3) is 3.30. The molecule has 1 aromatic rings. The van der Waals surface area contributed by atoms with Crippen LogP contribution in [0.5, 0.6) is 0 Å². The van der Waals surface area contributed by atoms with Crippen molar-refractivity contribution in [2.24, 2.45) is 0 Å². The van der Waals surface area contributed by atoms with Gasteiger partial charge in [0.05, 0.1) is 18.8 Å². The second-order valence-corrected chi connectivity index (χ2v) is 4.09. The molecule has 0 aromatic carbocycles. The lowest BCUT2D eigenvalue weighted by Crippen LogP contribution is -2.41. The second kappa shape index (κ2) is 6.39. The van der Waals surface area contributed by atoms with E-state index in [-0.39, 0.29) is 11.9 Å². The van der Waals surface area contributed by atoms with Gasteiger partial charge in [-0.1, -0.05) is 12.1 Å². The third-order valence-corrected chi connectivity index (χ3v) is 2.57. The Morgan fingerprint density at radius 1 is 1.65 bits per heavy atom. The molecule has 0 aliphatic heterocycles. The summed E-state index contributed by atoms with van der Waals surface area (Å²) in [6.07, 6.45) is 2.91. The van der Waals surface area contributed by atoms with Gasteiger partial charge in [-0.25, -0.2) is 0 Å². The third-order valence-electron chi connectivity index (χ3n) is 2.57. The Morgan fingerprint density at radius 2 is 2.35 bits per heavy atom. The van der Waals surface area contributed by atoms with Crippen molar-refractivity contribution in [2.45, 2.75) is 39.7 Å². The fourth-order valence-corrected chi connectivity index (χ4v) is 1.79. The Labute approximate surface area is 102 Å². The predicted molar refractivity (Wildman–Crippen MR) is 65.0 cm³/mol. The predicted octanol–water partition coefficient (Wildman–Crippen LogP) is 2.15. The van der Waals surface area contributed by atoms with Crippen LogP contribution in [0.3, 0.4) is 0 Å². The summed E-state index contributed by atoms with van der Waals surface area (Å²) in [5.74, 6) is 0.723. The van der Waals surface area contributed by atoms with Gasteiger partial charge in [-0.3, -0.25) is 4.79 Å². The molecule has 1 rings (SSSR count). The Hall–Kier alpha value is -1.36. The fourth-order valence-electron chi connectivity index (χ4n) is 1.79.